The van der Waals surface area contributed by atoms with Crippen LogP contribution in [0, 0.1) is 6.92 Å². The third kappa shape index (κ3) is 5.40. The Hall–Kier alpha value is -2.96. The van der Waals surface area contributed by atoms with Gasteiger partial charge in [-0.1, -0.05) is 71.2 Å². The number of nitrogens with zero attached hydrogens (tertiary/aromatic N) is 3. The van der Waals surface area contributed by atoms with Crippen LogP contribution in [0.2, 0.25) is 5.02 Å². The van der Waals surface area contributed by atoms with Crippen LogP contribution in [0.5, 0.6) is 5.75 Å². The number of halogens is 2. The van der Waals surface area contributed by atoms with Gasteiger partial charge in [-0.2, -0.15) is 9.78 Å². The van der Waals surface area contributed by atoms with Crippen molar-refractivity contribution in [3.63, 3.8) is 0 Å². The zero-order valence-corrected chi connectivity index (χ0v) is 21.6. The summed E-state index contributed by atoms with van der Waals surface area (Å²) in [6.07, 6.45) is 2.46. The van der Waals surface area contributed by atoms with E-state index in [2.05, 4.69) is 34.0 Å². The fraction of sp³-hybridized carbons (Fsp3) is 0.222. The summed E-state index contributed by atoms with van der Waals surface area (Å²) in [6, 6.07) is 19.1. The summed E-state index contributed by atoms with van der Waals surface area (Å²) in [5.41, 5.74) is 3.47. The minimum Gasteiger partial charge on any atom is -0.487 e. The Morgan fingerprint density at radius 3 is 2.74 bits per heavy atom. The van der Waals surface area contributed by atoms with E-state index in [1.54, 1.807) is 18.3 Å². The Bertz CT molecular complexity index is 1430. The van der Waals surface area contributed by atoms with Crippen molar-refractivity contribution in [3.05, 3.63) is 103 Å². The molecule has 1 atom stereocenters. The minimum atomic E-state index is -0.206. The summed E-state index contributed by atoms with van der Waals surface area (Å²) in [5.74, 6) is 1.29. The highest BCUT2D eigenvalue weighted by atomic mass is 79.9. The molecule has 0 saturated heterocycles. The average Bonchev–Trinajstić information content (AvgIpc) is 2.82. The van der Waals surface area contributed by atoms with Gasteiger partial charge in [-0.3, -0.25) is 4.79 Å². The first-order valence-electron chi connectivity index (χ1n) is 11.1. The molecule has 0 fully saturated rings. The second-order valence-electron chi connectivity index (χ2n) is 8.27. The van der Waals surface area contributed by atoms with Crippen LogP contribution in [0.3, 0.4) is 0 Å². The van der Waals surface area contributed by atoms with Gasteiger partial charge < -0.3 is 4.74 Å². The molecule has 0 spiro atoms. The van der Waals surface area contributed by atoms with Crippen molar-refractivity contribution in [2.75, 3.05) is 0 Å². The number of hydrogen-bond acceptors (Lipinski definition) is 4. The van der Waals surface area contributed by atoms with Crippen LogP contribution in [0.15, 0.2) is 75.0 Å². The van der Waals surface area contributed by atoms with Crippen molar-refractivity contribution >= 4 is 44.6 Å². The van der Waals surface area contributed by atoms with Gasteiger partial charge in [0.1, 0.15) is 18.2 Å². The predicted molar refractivity (Wildman–Crippen MR) is 142 cm³/mol. The summed E-state index contributed by atoms with van der Waals surface area (Å²) in [7, 11) is 0. The summed E-state index contributed by atoms with van der Waals surface area (Å²) < 4.78 is 8.10. The Labute approximate surface area is 212 Å². The normalized spacial score (nSPS) is 12.4. The van der Waals surface area contributed by atoms with Crippen molar-refractivity contribution in [1.82, 2.24) is 9.66 Å². The maximum absolute atomic E-state index is 13.3. The van der Waals surface area contributed by atoms with Crippen molar-refractivity contribution < 1.29 is 4.74 Å². The quantitative estimate of drug-likeness (QED) is 0.236. The topological polar surface area (TPSA) is 56.5 Å². The molecule has 0 unspecified atom stereocenters. The lowest BCUT2D eigenvalue weighted by Crippen LogP contribution is -2.23. The molecule has 0 N–H and O–H groups in total. The van der Waals surface area contributed by atoms with Gasteiger partial charge in [-0.25, -0.2) is 4.98 Å². The third-order valence-corrected chi connectivity index (χ3v) is 6.43. The van der Waals surface area contributed by atoms with E-state index in [0.717, 1.165) is 22.0 Å². The summed E-state index contributed by atoms with van der Waals surface area (Å²) >= 11 is 9.90. The largest absolute Gasteiger partial charge is 0.487 e. The Kier molecular flexibility index (Phi) is 7.49. The second kappa shape index (κ2) is 10.5. The van der Waals surface area contributed by atoms with Crippen molar-refractivity contribution in [1.29, 1.82) is 0 Å². The summed E-state index contributed by atoms with van der Waals surface area (Å²) in [6.45, 7) is 6.58. The zero-order valence-electron chi connectivity index (χ0n) is 19.3. The van der Waals surface area contributed by atoms with Crippen LogP contribution in [-0.4, -0.2) is 15.9 Å². The molecule has 7 heteroatoms. The maximum Gasteiger partial charge on any atom is 0.282 e. The number of benzene rings is 3. The van der Waals surface area contributed by atoms with Gasteiger partial charge in [0, 0.05) is 10.4 Å². The van der Waals surface area contributed by atoms with E-state index in [9.17, 15) is 4.79 Å². The molecule has 0 aliphatic carbocycles. The highest BCUT2D eigenvalue weighted by Gasteiger charge is 2.15. The second-order valence-corrected chi connectivity index (χ2v) is 9.59. The molecule has 0 saturated carbocycles. The smallest absolute Gasteiger partial charge is 0.282 e. The lowest BCUT2D eigenvalue weighted by atomic mass is 10.1. The van der Waals surface area contributed by atoms with Gasteiger partial charge >= 0.3 is 0 Å². The third-order valence-electron chi connectivity index (χ3n) is 5.64. The van der Waals surface area contributed by atoms with E-state index in [1.807, 2.05) is 56.3 Å². The molecular formula is C27H25BrClN3O2. The summed E-state index contributed by atoms with van der Waals surface area (Å²) in [5, 5.41) is 5.49. The number of aryl methyl sites for hydroxylation is 1. The molecule has 5 nitrogen and oxygen atoms in total. The van der Waals surface area contributed by atoms with E-state index in [4.69, 9.17) is 21.3 Å². The monoisotopic (exact) mass is 537 g/mol. The molecule has 0 amide bonds. The van der Waals surface area contributed by atoms with Crippen molar-refractivity contribution in [2.45, 2.75) is 39.7 Å². The molecule has 174 valence electrons. The number of aromatic nitrogens is 2. The highest BCUT2D eigenvalue weighted by Crippen LogP contribution is 2.26. The van der Waals surface area contributed by atoms with Gasteiger partial charge in [0.15, 0.2) is 0 Å². The Morgan fingerprint density at radius 1 is 1.18 bits per heavy atom. The average molecular weight is 539 g/mol. The van der Waals surface area contributed by atoms with Crippen LogP contribution in [0.1, 0.15) is 48.7 Å². The zero-order chi connectivity index (χ0) is 24.2. The molecule has 4 aromatic rings. The van der Waals surface area contributed by atoms with Gasteiger partial charge in [0.05, 0.1) is 22.1 Å². The van der Waals surface area contributed by atoms with Crippen LogP contribution in [-0.2, 0) is 6.61 Å². The lowest BCUT2D eigenvalue weighted by Gasteiger charge is -2.14. The standard InChI is InChI=1S/C27H25BrClN3O2/c1-4-18(3)26-31-24-10-9-21(28)14-22(24)27(33)32(26)30-15-19-8-11-25(23(29)13-19)34-16-20-7-5-6-17(2)12-20/h5-15,18H,4,16H2,1-3H3/t18-/m1/s1. The molecule has 3 aromatic carbocycles. The molecule has 0 radical (unpaired) electrons. The molecular weight excluding hydrogens is 514 g/mol. The Balaban J connectivity index is 1.62. The van der Waals surface area contributed by atoms with Crippen molar-refractivity contribution in [3.8, 4) is 5.75 Å². The Morgan fingerprint density at radius 2 is 2.00 bits per heavy atom. The molecule has 1 heterocycles. The van der Waals surface area contributed by atoms with E-state index in [0.29, 0.717) is 34.1 Å². The number of rotatable bonds is 7. The molecule has 0 bridgehead atoms. The molecule has 1 aromatic heterocycles. The highest BCUT2D eigenvalue weighted by molar-refractivity contribution is 9.10. The van der Waals surface area contributed by atoms with Gasteiger partial charge in [-0.05, 0) is 60.9 Å². The molecule has 4 rings (SSSR count). The summed E-state index contributed by atoms with van der Waals surface area (Å²) in [4.78, 5) is 18.0. The van der Waals surface area contributed by atoms with Gasteiger partial charge in [0.2, 0.25) is 0 Å². The van der Waals surface area contributed by atoms with Gasteiger partial charge in [-0.15, -0.1) is 0 Å². The maximum atomic E-state index is 13.3. The first kappa shape index (κ1) is 24.2. The lowest BCUT2D eigenvalue weighted by molar-refractivity contribution is 0.306. The van der Waals surface area contributed by atoms with Crippen LogP contribution in [0.4, 0.5) is 0 Å². The molecule has 0 aliphatic heterocycles. The fourth-order valence-corrected chi connectivity index (χ4v) is 4.19. The minimum absolute atomic E-state index is 0.0684. The van der Waals surface area contributed by atoms with Crippen LogP contribution in [0.25, 0.3) is 10.9 Å². The fourth-order valence-electron chi connectivity index (χ4n) is 3.58. The SMILES string of the molecule is CC[C@@H](C)c1nc2ccc(Br)cc2c(=O)n1N=Cc1ccc(OCc2cccc(C)c2)c(Cl)c1. The number of ether oxygens (including phenoxy) is 1. The number of fused-ring (bicyclic) bond motifs is 1. The first-order chi connectivity index (χ1) is 16.4. The molecule has 34 heavy (non-hydrogen) atoms. The molecule has 0 aliphatic rings. The van der Waals surface area contributed by atoms with E-state index in [1.165, 1.54) is 10.2 Å². The van der Waals surface area contributed by atoms with Crippen LogP contribution >= 0.6 is 27.5 Å². The first-order valence-corrected chi connectivity index (χ1v) is 12.3. The van der Waals surface area contributed by atoms with Crippen molar-refractivity contribution in [2.24, 2.45) is 5.10 Å². The van der Waals surface area contributed by atoms with E-state index >= 15 is 0 Å². The van der Waals surface area contributed by atoms with Crippen LogP contribution < -0.4 is 10.3 Å². The predicted octanol–water partition coefficient (Wildman–Crippen LogP) is 7.10. The van der Waals surface area contributed by atoms with E-state index < -0.39 is 0 Å². The van der Waals surface area contributed by atoms with E-state index in [-0.39, 0.29) is 11.5 Å². The number of hydrogen-bond donors (Lipinski definition) is 0. The van der Waals surface area contributed by atoms with Gasteiger partial charge in [0.25, 0.3) is 5.56 Å².